The molecule has 1 unspecified atom stereocenters. The fourth-order valence-electron chi connectivity index (χ4n) is 6.62. The number of pyridine rings is 1. The fraction of sp³-hybridized carbons (Fsp3) is 0.586. The molecule has 1 aromatic heterocycles. The fourth-order valence-corrected chi connectivity index (χ4v) is 8.12. The summed E-state index contributed by atoms with van der Waals surface area (Å²) < 4.78 is 2.06. The number of β-amino-alcohol motifs (C(OH)–C–C–N with tert-alkyl or cyclic N) is 1. The number of aryl methyl sites for hydroxylation is 2. The van der Waals surface area contributed by atoms with Crippen LogP contribution in [0.2, 0.25) is 5.02 Å². The van der Waals surface area contributed by atoms with E-state index in [2.05, 4.69) is 53.8 Å². The number of aliphatic hydroxyl groups is 2. The van der Waals surface area contributed by atoms with Crippen LogP contribution >= 0.6 is 43.5 Å². The molecular formula is C29H36Br2ClN3O3. The molecule has 0 bridgehead atoms. The van der Waals surface area contributed by atoms with Gasteiger partial charge in [0.05, 0.1) is 18.4 Å². The topological polar surface area (TPSA) is 76.9 Å². The molecular weight excluding hydrogens is 634 g/mol. The van der Waals surface area contributed by atoms with E-state index in [4.69, 9.17) is 21.7 Å². The zero-order valence-electron chi connectivity index (χ0n) is 21.6. The molecule has 5 rings (SSSR count). The Hall–Kier alpha value is -1.03. The molecule has 2 aliphatic heterocycles. The number of nitrogens with zero attached hydrogens (tertiary/aromatic N) is 3. The molecule has 2 aromatic rings. The van der Waals surface area contributed by atoms with Crippen LogP contribution in [0.3, 0.4) is 0 Å². The third-order valence-corrected chi connectivity index (χ3v) is 9.94. The summed E-state index contributed by atoms with van der Waals surface area (Å²) >= 11 is 13.9. The molecule has 206 valence electrons. The van der Waals surface area contributed by atoms with Gasteiger partial charge in [-0.25, -0.2) is 0 Å². The molecule has 0 saturated carbocycles. The van der Waals surface area contributed by atoms with E-state index in [0.29, 0.717) is 24.8 Å². The lowest BCUT2D eigenvalue weighted by Crippen LogP contribution is -2.43. The van der Waals surface area contributed by atoms with Gasteiger partial charge in [-0.15, -0.1) is 0 Å². The summed E-state index contributed by atoms with van der Waals surface area (Å²) in [4.78, 5) is 22.4. The summed E-state index contributed by atoms with van der Waals surface area (Å²) in [5.41, 5.74) is 5.06. The maximum atomic E-state index is 13.2. The van der Waals surface area contributed by atoms with Crippen LogP contribution in [0.5, 0.6) is 0 Å². The largest absolute Gasteiger partial charge is 0.394 e. The van der Waals surface area contributed by atoms with Gasteiger partial charge in [0.2, 0.25) is 5.91 Å². The second kappa shape index (κ2) is 12.6. The first-order chi connectivity index (χ1) is 18.3. The molecule has 6 nitrogen and oxygen atoms in total. The van der Waals surface area contributed by atoms with Crippen molar-refractivity contribution in [3.05, 3.63) is 60.7 Å². The summed E-state index contributed by atoms with van der Waals surface area (Å²) in [6, 6.07) is 6.33. The van der Waals surface area contributed by atoms with Crippen LogP contribution in [0.1, 0.15) is 60.4 Å². The molecule has 3 aliphatic rings. The van der Waals surface area contributed by atoms with Crippen LogP contribution in [-0.4, -0.2) is 76.3 Å². The minimum atomic E-state index is -0.684. The molecule has 1 aliphatic carbocycles. The van der Waals surface area contributed by atoms with Crippen molar-refractivity contribution in [1.29, 1.82) is 0 Å². The maximum Gasteiger partial charge on any atom is 0.222 e. The van der Waals surface area contributed by atoms with Gasteiger partial charge >= 0.3 is 0 Å². The highest BCUT2D eigenvalue weighted by atomic mass is 79.9. The number of likely N-dealkylation sites (tertiary alicyclic amines) is 2. The number of piperidine rings is 2. The van der Waals surface area contributed by atoms with Crippen molar-refractivity contribution in [1.82, 2.24) is 14.8 Å². The number of hydrogen-bond acceptors (Lipinski definition) is 5. The number of aromatic nitrogens is 1. The second-order valence-electron chi connectivity index (χ2n) is 11.1. The van der Waals surface area contributed by atoms with Gasteiger partial charge in [-0.2, -0.15) is 0 Å². The lowest BCUT2D eigenvalue weighted by atomic mass is 9.76. The summed E-state index contributed by atoms with van der Waals surface area (Å²) in [6.07, 6.45) is 7.56. The van der Waals surface area contributed by atoms with E-state index in [1.165, 1.54) is 16.7 Å². The second-order valence-corrected chi connectivity index (χ2v) is 13.3. The summed E-state index contributed by atoms with van der Waals surface area (Å²) in [6.45, 7) is 3.62. The Bertz CT molecular complexity index is 1150. The lowest BCUT2D eigenvalue weighted by molar-refractivity contribution is -0.134. The zero-order chi connectivity index (χ0) is 26.8. The van der Waals surface area contributed by atoms with Crippen LogP contribution < -0.4 is 0 Å². The minimum absolute atomic E-state index is 0.179. The van der Waals surface area contributed by atoms with Crippen molar-refractivity contribution in [2.45, 2.75) is 57.0 Å². The van der Waals surface area contributed by atoms with Gasteiger partial charge in [0.1, 0.15) is 0 Å². The number of fused-ring (bicyclic) bond motifs is 2. The maximum absolute atomic E-state index is 13.2. The first-order valence-electron chi connectivity index (χ1n) is 13.7. The monoisotopic (exact) mass is 667 g/mol. The van der Waals surface area contributed by atoms with Gasteiger partial charge < -0.3 is 20.0 Å². The van der Waals surface area contributed by atoms with Crippen molar-refractivity contribution in [3.63, 3.8) is 0 Å². The van der Waals surface area contributed by atoms with Crippen molar-refractivity contribution in [3.8, 4) is 0 Å². The molecule has 2 fully saturated rings. The standard InChI is InChI=1S/C29H36Br2ClN3O3/c30-22-12-21-2-1-20-13-23(32)14-25(31)27(20)28(29(21)33-15-22)19-5-9-35(10-6-19)26(38)11-18-3-7-34(8-4-18)16-24(37)17-36/h12-15,18-19,24,28,36-37H,1-11,16-17H2/t24?,28-/m1/s1. The predicted octanol–water partition coefficient (Wildman–Crippen LogP) is 5.18. The Morgan fingerprint density at radius 1 is 1.05 bits per heavy atom. The van der Waals surface area contributed by atoms with E-state index in [-0.39, 0.29) is 18.4 Å². The number of carbonyl (C=O) groups excluding carboxylic acids is 1. The van der Waals surface area contributed by atoms with Crippen LogP contribution in [0, 0.1) is 11.8 Å². The van der Waals surface area contributed by atoms with Crippen LogP contribution in [-0.2, 0) is 17.6 Å². The SMILES string of the molecule is O=C(CC1CCN(CC(O)CO)CC1)N1CCC([C@H]2c3ncc(Br)cc3CCc3cc(Cl)cc(Br)c32)CC1. The number of benzene rings is 1. The Balaban J connectivity index is 1.25. The summed E-state index contributed by atoms with van der Waals surface area (Å²) in [5, 5.41) is 19.5. The average molecular weight is 670 g/mol. The minimum Gasteiger partial charge on any atom is -0.394 e. The number of rotatable bonds is 6. The highest BCUT2D eigenvalue weighted by Gasteiger charge is 2.36. The Labute approximate surface area is 247 Å². The van der Waals surface area contributed by atoms with Gasteiger partial charge in [-0.1, -0.05) is 27.5 Å². The van der Waals surface area contributed by atoms with Crippen LogP contribution in [0.4, 0.5) is 0 Å². The van der Waals surface area contributed by atoms with Gasteiger partial charge in [0.15, 0.2) is 0 Å². The quantitative estimate of drug-likeness (QED) is 0.444. The molecule has 2 atom stereocenters. The van der Waals surface area contributed by atoms with E-state index < -0.39 is 6.10 Å². The van der Waals surface area contributed by atoms with E-state index in [0.717, 1.165) is 84.4 Å². The van der Waals surface area contributed by atoms with E-state index in [1.54, 1.807) is 0 Å². The number of amides is 1. The Morgan fingerprint density at radius 3 is 2.47 bits per heavy atom. The predicted molar refractivity (Wildman–Crippen MR) is 157 cm³/mol. The molecule has 2 N–H and O–H groups in total. The molecule has 9 heteroatoms. The first-order valence-corrected chi connectivity index (χ1v) is 15.7. The smallest absolute Gasteiger partial charge is 0.222 e. The Kier molecular flexibility index (Phi) is 9.49. The van der Waals surface area contributed by atoms with E-state index >= 15 is 0 Å². The number of aliphatic hydroxyl groups excluding tert-OH is 2. The normalized spacial score (nSPS) is 22.0. The van der Waals surface area contributed by atoms with Gasteiger partial charge in [-0.05, 0) is 114 Å². The molecule has 38 heavy (non-hydrogen) atoms. The van der Waals surface area contributed by atoms with Crippen molar-refractivity contribution in [2.75, 3.05) is 39.3 Å². The average Bonchev–Trinajstić information content (AvgIpc) is 3.06. The summed E-state index contributed by atoms with van der Waals surface area (Å²) in [5.74, 6) is 1.25. The van der Waals surface area contributed by atoms with Gasteiger partial charge in [0.25, 0.3) is 0 Å². The van der Waals surface area contributed by atoms with E-state index in [9.17, 15) is 9.90 Å². The highest BCUT2D eigenvalue weighted by Crippen LogP contribution is 2.46. The van der Waals surface area contributed by atoms with Gasteiger partial charge in [-0.3, -0.25) is 9.78 Å². The van der Waals surface area contributed by atoms with Gasteiger partial charge in [0, 0.05) is 52.1 Å². The highest BCUT2D eigenvalue weighted by molar-refractivity contribution is 9.10. The van der Waals surface area contributed by atoms with Crippen molar-refractivity contribution < 1.29 is 15.0 Å². The number of hydrogen-bond donors (Lipinski definition) is 2. The molecule has 0 radical (unpaired) electrons. The number of carbonyl (C=O) groups is 1. The molecule has 0 spiro atoms. The van der Waals surface area contributed by atoms with Crippen LogP contribution in [0.15, 0.2) is 33.3 Å². The van der Waals surface area contributed by atoms with Crippen LogP contribution in [0.25, 0.3) is 0 Å². The molecule has 2 saturated heterocycles. The van der Waals surface area contributed by atoms with Crippen molar-refractivity contribution in [2.24, 2.45) is 11.8 Å². The first kappa shape index (κ1) is 28.5. The lowest BCUT2D eigenvalue weighted by Gasteiger charge is -2.38. The molecule has 1 amide bonds. The summed E-state index contributed by atoms with van der Waals surface area (Å²) in [7, 11) is 0. The zero-order valence-corrected chi connectivity index (χ0v) is 25.5. The van der Waals surface area contributed by atoms with E-state index in [1.807, 2.05) is 12.3 Å². The molecule has 3 heterocycles. The van der Waals surface area contributed by atoms with Crippen molar-refractivity contribution >= 4 is 49.4 Å². The molecule has 1 aromatic carbocycles. The third-order valence-electron chi connectivity index (χ3n) is 8.63. The Morgan fingerprint density at radius 2 is 1.76 bits per heavy atom. The third kappa shape index (κ3) is 6.47. The number of halogens is 3.